The Morgan fingerprint density at radius 3 is 2.18 bits per heavy atom. The van der Waals surface area contributed by atoms with Crippen molar-refractivity contribution in [1.29, 1.82) is 0 Å². The van der Waals surface area contributed by atoms with Gasteiger partial charge in [-0.15, -0.1) is 0 Å². The van der Waals surface area contributed by atoms with Gasteiger partial charge < -0.3 is 29.8 Å². The number of aliphatic carboxylic acids is 1. The number of fused-ring (bicyclic) bond motifs is 1. The Bertz CT molecular complexity index is 937. The number of esters is 1. The first kappa shape index (κ1) is 26.7. The van der Waals surface area contributed by atoms with E-state index < -0.39 is 23.3 Å². The number of ketones is 1. The van der Waals surface area contributed by atoms with Crippen LogP contribution in [0.15, 0.2) is 0 Å². The topological polar surface area (TPSA) is 141 Å². The van der Waals surface area contributed by atoms with Gasteiger partial charge in [-0.05, 0) is 53.4 Å². The number of ether oxygens (including phenoxy) is 2. The Hall–Kier alpha value is -2.59. The van der Waals surface area contributed by atoms with Crippen molar-refractivity contribution in [2.75, 3.05) is 20.2 Å². The molecule has 11 heteroatoms. The number of amides is 1. The summed E-state index contributed by atoms with van der Waals surface area (Å²) < 4.78 is 11.4. The number of methoxy groups -OCH3 is 1. The average molecular weight is 486 g/mol. The van der Waals surface area contributed by atoms with Crippen molar-refractivity contribution in [3.8, 4) is 0 Å². The summed E-state index contributed by atoms with van der Waals surface area (Å²) in [6, 6.07) is 0. The number of aromatic nitrogens is 1. The number of nitrogens with two attached hydrogens (primary N) is 1. The number of Topliss-reactive ketones (excluding diaryl/α,β-unsaturated/α-hetero) is 1. The Kier molecular flexibility index (Phi) is 8.18. The highest BCUT2D eigenvalue weighted by Crippen LogP contribution is 2.33. The molecule has 0 unspecified atom stereocenters. The predicted molar refractivity (Wildman–Crippen MR) is 121 cm³/mol. The van der Waals surface area contributed by atoms with Crippen molar-refractivity contribution >= 4 is 35.4 Å². The highest BCUT2D eigenvalue weighted by atomic mass is 35.5. The van der Waals surface area contributed by atoms with E-state index in [0.717, 1.165) is 19.3 Å². The first-order valence-electron chi connectivity index (χ1n) is 10.7. The fourth-order valence-corrected chi connectivity index (χ4v) is 4.08. The van der Waals surface area contributed by atoms with E-state index in [1.807, 2.05) is 27.7 Å². The number of halogens is 1. The van der Waals surface area contributed by atoms with E-state index in [1.165, 1.54) is 11.7 Å². The molecule has 184 valence electrons. The van der Waals surface area contributed by atoms with E-state index >= 15 is 0 Å². The third-order valence-electron chi connectivity index (χ3n) is 5.46. The van der Waals surface area contributed by atoms with Crippen LogP contribution in [0, 0.1) is 0 Å². The lowest BCUT2D eigenvalue weighted by molar-refractivity contribution is -0.131. The van der Waals surface area contributed by atoms with Gasteiger partial charge in [-0.3, -0.25) is 4.79 Å². The maximum absolute atomic E-state index is 11.7. The third-order valence-corrected chi connectivity index (χ3v) is 5.83. The van der Waals surface area contributed by atoms with Crippen LogP contribution in [0.2, 0.25) is 5.02 Å². The molecule has 0 aromatic carbocycles. The maximum atomic E-state index is 11.7. The van der Waals surface area contributed by atoms with Crippen molar-refractivity contribution in [2.24, 2.45) is 5.73 Å². The number of piperidine rings is 1. The number of carbonyl (C=O) groups excluding carboxylic acids is 3. The minimum Gasteiger partial charge on any atom is -0.475 e. The third kappa shape index (κ3) is 6.48. The predicted octanol–water partition coefficient (Wildman–Crippen LogP) is 2.88. The maximum Gasteiger partial charge on any atom is 0.410 e. The molecule has 2 aliphatic rings. The minimum absolute atomic E-state index is 0.0984. The second kappa shape index (κ2) is 10.1. The second-order valence-electron chi connectivity index (χ2n) is 9.49. The molecule has 0 aliphatic carbocycles. The highest BCUT2D eigenvalue weighted by molar-refractivity contribution is 6.46. The van der Waals surface area contributed by atoms with Crippen molar-refractivity contribution < 1.29 is 33.8 Å². The molecule has 3 N–H and O–H groups in total. The number of nitrogens with zero attached hydrogens (tertiary/aromatic N) is 2. The van der Waals surface area contributed by atoms with E-state index in [9.17, 15) is 19.2 Å². The van der Waals surface area contributed by atoms with Gasteiger partial charge in [-0.25, -0.2) is 14.4 Å². The molecule has 0 radical (unpaired) electrons. The molecule has 0 atom stereocenters. The van der Waals surface area contributed by atoms with Crippen LogP contribution in [-0.4, -0.2) is 69.7 Å². The Labute approximate surface area is 197 Å². The molecular weight excluding hydrogens is 454 g/mol. The lowest BCUT2D eigenvalue weighted by Crippen LogP contribution is -2.50. The second-order valence-corrected chi connectivity index (χ2v) is 9.86. The lowest BCUT2D eigenvalue weighted by atomic mass is 9.91. The molecule has 1 amide bonds. The fourth-order valence-electron chi connectivity index (χ4n) is 3.70. The van der Waals surface area contributed by atoms with Crippen LogP contribution >= 0.6 is 11.6 Å². The standard InChI is InChI=1S/C11H10ClNO5.C11H22N2O2/c1-18-11(17)6-5-3-2-4-13(5)8(7(6)12)9(14)10(15)16;1-10(2,3)15-9(14)13-7-5-11(4,12)6-8-13/h2-4H2,1H3,(H,15,16);5-8,12H2,1-4H3. The molecular formula is C22H32ClN3O7. The van der Waals surface area contributed by atoms with E-state index in [-0.39, 0.29) is 27.9 Å². The van der Waals surface area contributed by atoms with E-state index in [2.05, 4.69) is 4.74 Å². The van der Waals surface area contributed by atoms with Crippen LogP contribution in [0.5, 0.6) is 0 Å². The molecule has 1 fully saturated rings. The summed E-state index contributed by atoms with van der Waals surface area (Å²) in [5.41, 5.74) is 5.97. The summed E-state index contributed by atoms with van der Waals surface area (Å²) in [7, 11) is 1.20. The first-order valence-corrected chi connectivity index (χ1v) is 11.1. The summed E-state index contributed by atoms with van der Waals surface area (Å²) in [6.07, 6.45) is 2.75. The first-order chi connectivity index (χ1) is 15.2. The van der Waals surface area contributed by atoms with Crippen LogP contribution in [0.1, 0.15) is 73.5 Å². The Balaban J connectivity index is 0.000000238. The van der Waals surface area contributed by atoms with Crippen LogP contribution in [0.25, 0.3) is 0 Å². The van der Waals surface area contributed by atoms with Crippen LogP contribution in [-0.2, 0) is 27.2 Å². The van der Waals surface area contributed by atoms with Gasteiger partial charge in [0.2, 0.25) is 0 Å². The van der Waals surface area contributed by atoms with E-state index in [4.69, 9.17) is 27.2 Å². The van der Waals surface area contributed by atoms with Crippen molar-refractivity contribution in [3.63, 3.8) is 0 Å². The molecule has 10 nitrogen and oxygen atoms in total. The summed E-state index contributed by atoms with van der Waals surface area (Å²) in [5.74, 6) is -3.37. The summed E-state index contributed by atoms with van der Waals surface area (Å²) in [4.78, 5) is 47.4. The van der Waals surface area contributed by atoms with Crippen molar-refractivity contribution in [3.05, 3.63) is 22.0 Å². The fraction of sp³-hybridized carbons (Fsp3) is 0.636. The van der Waals surface area contributed by atoms with Crippen molar-refractivity contribution in [1.82, 2.24) is 9.47 Å². The van der Waals surface area contributed by atoms with Gasteiger partial charge in [0.1, 0.15) is 11.3 Å². The van der Waals surface area contributed by atoms with Gasteiger partial charge >= 0.3 is 18.0 Å². The average Bonchev–Trinajstić information content (AvgIpc) is 3.25. The molecule has 33 heavy (non-hydrogen) atoms. The quantitative estimate of drug-likeness (QED) is 0.378. The molecule has 2 aliphatic heterocycles. The summed E-state index contributed by atoms with van der Waals surface area (Å²) in [6.45, 7) is 9.52. The van der Waals surface area contributed by atoms with Gasteiger partial charge in [0, 0.05) is 30.9 Å². The zero-order chi connectivity index (χ0) is 25.1. The normalized spacial score (nSPS) is 16.9. The number of likely N-dealkylation sites (tertiary alicyclic amines) is 1. The molecule has 0 saturated carbocycles. The number of carbonyl (C=O) groups is 4. The van der Waals surface area contributed by atoms with Gasteiger partial charge in [-0.2, -0.15) is 0 Å². The summed E-state index contributed by atoms with van der Waals surface area (Å²) in [5, 5.41) is 8.62. The number of carboxylic acid groups (broad SMARTS) is 1. The smallest absolute Gasteiger partial charge is 0.410 e. The van der Waals surface area contributed by atoms with Crippen LogP contribution in [0.3, 0.4) is 0 Å². The molecule has 0 bridgehead atoms. The monoisotopic (exact) mass is 485 g/mol. The number of hydrogen-bond acceptors (Lipinski definition) is 7. The number of carboxylic acids is 1. The van der Waals surface area contributed by atoms with Gasteiger partial charge in [-0.1, -0.05) is 11.6 Å². The molecule has 1 aromatic rings. The zero-order valence-electron chi connectivity index (χ0n) is 19.7. The number of hydrogen-bond donors (Lipinski definition) is 2. The van der Waals surface area contributed by atoms with Gasteiger partial charge in [0.05, 0.1) is 17.7 Å². The summed E-state index contributed by atoms with van der Waals surface area (Å²) >= 11 is 5.95. The van der Waals surface area contributed by atoms with Gasteiger partial charge in [0.25, 0.3) is 5.78 Å². The lowest BCUT2D eigenvalue weighted by Gasteiger charge is -2.37. The molecule has 0 spiro atoms. The number of rotatable bonds is 3. The van der Waals surface area contributed by atoms with Gasteiger partial charge in [0.15, 0.2) is 0 Å². The van der Waals surface area contributed by atoms with E-state index in [0.29, 0.717) is 31.7 Å². The highest BCUT2D eigenvalue weighted by Gasteiger charge is 2.34. The molecule has 3 rings (SSSR count). The van der Waals surface area contributed by atoms with Crippen LogP contribution in [0.4, 0.5) is 4.79 Å². The Morgan fingerprint density at radius 2 is 1.70 bits per heavy atom. The largest absolute Gasteiger partial charge is 0.475 e. The van der Waals surface area contributed by atoms with Crippen molar-refractivity contribution in [2.45, 2.75) is 71.1 Å². The molecule has 3 heterocycles. The Morgan fingerprint density at radius 1 is 1.12 bits per heavy atom. The zero-order valence-corrected chi connectivity index (χ0v) is 20.5. The minimum atomic E-state index is -1.60. The molecule has 1 aromatic heterocycles. The van der Waals surface area contributed by atoms with E-state index in [1.54, 1.807) is 4.90 Å². The molecule has 1 saturated heterocycles. The van der Waals surface area contributed by atoms with Crippen LogP contribution < -0.4 is 5.73 Å². The SMILES string of the molecule is CC1(N)CCN(C(=O)OC(C)(C)C)CC1.COC(=O)c1c(Cl)c(C(=O)C(=O)O)n2c1CCC2.